The predicted molar refractivity (Wildman–Crippen MR) is 91.6 cm³/mol. The molecule has 7 nitrogen and oxygen atoms in total. The first-order valence-corrected chi connectivity index (χ1v) is 9.91. The predicted octanol–water partition coefficient (Wildman–Crippen LogP) is 1.16. The van der Waals surface area contributed by atoms with E-state index in [9.17, 15) is 13.2 Å². The minimum absolute atomic E-state index is 0.0986. The molecule has 1 aromatic heterocycles. The van der Waals surface area contributed by atoms with Crippen molar-refractivity contribution in [2.24, 2.45) is 5.92 Å². The fourth-order valence-corrected chi connectivity index (χ4v) is 5.36. The van der Waals surface area contributed by atoms with Crippen LogP contribution in [-0.2, 0) is 14.8 Å². The molecule has 0 saturated carbocycles. The normalized spacial score (nSPS) is 24.6. The Bertz CT molecular complexity index is 876. The maximum atomic E-state index is 13.1. The van der Waals surface area contributed by atoms with Crippen LogP contribution in [-0.4, -0.2) is 47.5 Å². The van der Waals surface area contributed by atoms with E-state index in [4.69, 9.17) is 0 Å². The Labute approximate surface area is 146 Å². The molecule has 2 atom stereocenters. The lowest BCUT2D eigenvalue weighted by Crippen LogP contribution is -2.59. The summed E-state index contributed by atoms with van der Waals surface area (Å²) in [6.07, 6.45) is 5.36. The van der Waals surface area contributed by atoms with Crippen LogP contribution >= 0.6 is 0 Å². The smallest absolute Gasteiger partial charge is 0.246 e. The number of carbonyl (C=O) groups excluding carboxylic acids is 1. The van der Waals surface area contributed by atoms with Gasteiger partial charge in [-0.05, 0) is 37.3 Å². The SMILES string of the molecule is O=C1NCCC2CCCN(S(=O)(=O)c3cnn(-c4ccccc4)c3)C12. The number of nitrogens with one attached hydrogen (secondary N) is 1. The number of fused-ring (bicyclic) bond motifs is 1. The highest BCUT2D eigenvalue weighted by molar-refractivity contribution is 7.89. The van der Waals surface area contributed by atoms with E-state index in [1.165, 1.54) is 21.4 Å². The second-order valence-electron chi connectivity index (χ2n) is 6.50. The third-order valence-electron chi connectivity index (χ3n) is 4.98. The average molecular weight is 360 g/mol. The van der Waals surface area contributed by atoms with Crippen molar-refractivity contribution < 1.29 is 13.2 Å². The molecule has 2 saturated heterocycles. The molecule has 132 valence electrons. The summed E-state index contributed by atoms with van der Waals surface area (Å²) in [4.78, 5) is 12.4. The summed E-state index contributed by atoms with van der Waals surface area (Å²) in [6.45, 7) is 0.993. The van der Waals surface area contributed by atoms with Crippen molar-refractivity contribution in [3.05, 3.63) is 42.7 Å². The fraction of sp³-hybridized carbons (Fsp3) is 0.412. The second-order valence-corrected chi connectivity index (χ2v) is 8.39. The Morgan fingerprint density at radius 2 is 1.96 bits per heavy atom. The van der Waals surface area contributed by atoms with Crippen LogP contribution in [0, 0.1) is 5.92 Å². The van der Waals surface area contributed by atoms with Crippen molar-refractivity contribution >= 4 is 15.9 Å². The minimum atomic E-state index is -3.76. The molecule has 2 unspecified atom stereocenters. The van der Waals surface area contributed by atoms with Gasteiger partial charge in [0.05, 0.1) is 18.1 Å². The van der Waals surface area contributed by atoms with Crippen molar-refractivity contribution in [2.45, 2.75) is 30.2 Å². The van der Waals surface area contributed by atoms with E-state index in [0.717, 1.165) is 24.9 Å². The summed E-state index contributed by atoms with van der Waals surface area (Å²) < 4.78 is 29.1. The van der Waals surface area contributed by atoms with Gasteiger partial charge in [-0.1, -0.05) is 18.2 Å². The highest BCUT2D eigenvalue weighted by Gasteiger charge is 2.45. The average Bonchev–Trinajstić information content (AvgIpc) is 3.13. The van der Waals surface area contributed by atoms with Crippen molar-refractivity contribution in [1.82, 2.24) is 19.4 Å². The summed E-state index contributed by atoms with van der Waals surface area (Å²) in [6, 6.07) is 8.73. The molecule has 1 aromatic carbocycles. The maximum Gasteiger partial charge on any atom is 0.246 e. The van der Waals surface area contributed by atoms with Gasteiger partial charge >= 0.3 is 0 Å². The lowest BCUT2D eigenvalue weighted by atomic mass is 9.85. The third kappa shape index (κ3) is 2.85. The number of para-hydroxylation sites is 1. The van der Waals surface area contributed by atoms with Crippen LogP contribution in [0.1, 0.15) is 19.3 Å². The molecular weight excluding hydrogens is 340 g/mol. The van der Waals surface area contributed by atoms with Gasteiger partial charge in [-0.15, -0.1) is 0 Å². The van der Waals surface area contributed by atoms with E-state index < -0.39 is 16.1 Å². The van der Waals surface area contributed by atoms with E-state index in [1.807, 2.05) is 30.3 Å². The van der Waals surface area contributed by atoms with Gasteiger partial charge in [0.15, 0.2) is 0 Å². The van der Waals surface area contributed by atoms with E-state index in [0.29, 0.717) is 13.1 Å². The number of hydrogen-bond acceptors (Lipinski definition) is 4. The second kappa shape index (κ2) is 6.27. The molecule has 0 aliphatic carbocycles. The van der Waals surface area contributed by atoms with Crippen LogP contribution in [0.2, 0.25) is 0 Å². The molecule has 0 spiro atoms. The van der Waals surface area contributed by atoms with E-state index >= 15 is 0 Å². The lowest BCUT2D eigenvalue weighted by molar-refractivity contribution is -0.129. The Morgan fingerprint density at radius 3 is 2.76 bits per heavy atom. The number of carbonyl (C=O) groups is 1. The number of aromatic nitrogens is 2. The van der Waals surface area contributed by atoms with Gasteiger partial charge in [0.2, 0.25) is 15.9 Å². The molecule has 2 aliphatic rings. The standard InChI is InChI=1S/C17H20N4O3S/c22-17-16-13(8-9-18-17)5-4-10-21(16)25(23,24)15-11-19-20(12-15)14-6-2-1-3-7-14/h1-3,6-7,11-13,16H,4-5,8-10H2,(H,18,22). The first-order chi connectivity index (χ1) is 12.1. The summed E-state index contributed by atoms with van der Waals surface area (Å²) in [5.74, 6) is -0.0866. The molecule has 0 radical (unpaired) electrons. The van der Waals surface area contributed by atoms with Crippen molar-refractivity contribution in [3.8, 4) is 5.69 Å². The van der Waals surface area contributed by atoms with Crippen molar-refractivity contribution in [1.29, 1.82) is 0 Å². The summed E-state index contributed by atoms with van der Waals surface area (Å²) >= 11 is 0. The number of benzene rings is 1. The topological polar surface area (TPSA) is 84.3 Å². The maximum absolute atomic E-state index is 13.1. The number of piperidine rings is 2. The Balaban J connectivity index is 1.67. The van der Waals surface area contributed by atoms with Crippen LogP contribution in [0.5, 0.6) is 0 Å². The van der Waals surface area contributed by atoms with Crippen LogP contribution < -0.4 is 5.32 Å². The van der Waals surface area contributed by atoms with E-state index in [1.54, 1.807) is 0 Å². The summed E-state index contributed by atoms with van der Waals surface area (Å²) in [7, 11) is -3.76. The van der Waals surface area contributed by atoms with Crippen LogP contribution in [0.4, 0.5) is 0 Å². The van der Waals surface area contributed by atoms with Gasteiger partial charge in [0, 0.05) is 13.1 Å². The van der Waals surface area contributed by atoms with Crippen LogP contribution in [0.3, 0.4) is 0 Å². The molecule has 2 fully saturated rings. The molecule has 3 heterocycles. The van der Waals surface area contributed by atoms with Gasteiger partial charge in [-0.3, -0.25) is 4.79 Å². The molecule has 2 aliphatic heterocycles. The van der Waals surface area contributed by atoms with Gasteiger partial charge in [-0.2, -0.15) is 9.40 Å². The number of nitrogens with zero attached hydrogens (tertiary/aromatic N) is 3. The molecule has 2 aromatic rings. The van der Waals surface area contributed by atoms with Crippen molar-refractivity contribution in [2.75, 3.05) is 13.1 Å². The molecule has 4 rings (SSSR count). The van der Waals surface area contributed by atoms with Gasteiger partial charge in [-0.25, -0.2) is 13.1 Å². The van der Waals surface area contributed by atoms with Gasteiger partial charge in [0.1, 0.15) is 10.9 Å². The van der Waals surface area contributed by atoms with Crippen LogP contribution in [0.15, 0.2) is 47.6 Å². The fourth-order valence-electron chi connectivity index (χ4n) is 3.74. The quantitative estimate of drug-likeness (QED) is 0.890. The number of sulfonamides is 1. The van der Waals surface area contributed by atoms with E-state index in [2.05, 4.69) is 10.4 Å². The van der Waals surface area contributed by atoms with E-state index in [-0.39, 0.29) is 16.7 Å². The third-order valence-corrected chi connectivity index (χ3v) is 6.81. The van der Waals surface area contributed by atoms with Gasteiger partial charge < -0.3 is 5.32 Å². The first kappa shape index (κ1) is 16.3. The lowest BCUT2D eigenvalue weighted by Gasteiger charge is -2.41. The molecule has 8 heteroatoms. The first-order valence-electron chi connectivity index (χ1n) is 8.47. The number of amides is 1. The Hall–Kier alpha value is -2.19. The molecule has 1 N–H and O–H groups in total. The van der Waals surface area contributed by atoms with Crippen molar-refractivity contribution in [3.63, 3.8) is 0 Å². The Morgan fingerprint density at radius 1 is 1.16 bits per heavy atom. The largest absolute Gasteiger partial charge is 0.355 e. The highest BCUT2D eigenvalue weighted by atomic mass is 32.2. The summed E-state index contributed by atoms with van der Waals surface area (Å²) in [5, 5.41) is 6.98. The number of hydrogen-bond donors (Lipinski definition) is 1. The number of rotatable bonds is 3. The molecular formula is C17H20N4O3S. The molecule has 1 amide bonds. The summed E-state index contributed by atoms with van der Waals surface area (Å²) in [5.41, 5.74) is 0.788. The molecule has 0 bridgehead atoms. The Kier molecular flexibility index (Phi) is 4.09. The molecule has 25 heavy (non-hydrogen) atoms. The van der Waals surface area contributed by atoms with Gasteiger partial charge in [0.25, 0.3) is 0 Å². The zero-order valence-electron chi connectivity index (χ0n) is 13.7. The van der Waals surface area contributed by atoms with Crippen LogP contribution in [0.25, 0.3) is 5.69 Å². The highest BCUT2D eigenvalue weighted by Crippen LogP contribution is 2.33. The zero-order chi connectivity index (χ0) is 17.4. The monoisotopic (exact) mass is 360 g/mol. The minimum Gasteiger partial charge on any atom is -0.355 e. The zero-order valence-corrected chi connectivity index (χ0v) is 14.5.